The number of halogens is 3. The van der Waals surface area contributed by atoms with Gasteiger partial charge in [-0.25, -0.2) is 4.79 Å². The molecule has 1 unspecified atom stereocenters. The predicted molar refractivity (Wildman–Crippen MR) is 58.1 cm³/mol. The lowest BCUT2D eigenvalue weighted by atomic mass is 9.88. The zero-order valence-corrected chi connectivity index (χ0v) is 11.1. The van der Waals surface area contributed by atoms with Crippen LogP contribution in [0.1, 0.15) is 26.2 Å². The minimum Gasteiger partial charge on any atom is -0.466 e. The third kappa shape index (κ3) is 3.40. The summed E-state index contributed by atoms with van der Waals surface area (Å²) in [5, 5.41) is 0. The first-order valence-corrected chi connectivity index (χ1v) is 6.83. The average molecular weight is 302 g/mol. The molecule has 1 aliphatic carbocycles. The van der Waals surface area contributed by atoms with E-state index in [1.807, 2.05) is 0 Å². The van der Waals surface area contributed by atoms with Gasteiger partial charge in [-0.3, -0.25) is 0 Å². The first kappa shape index (κ1) is 15.8. The Morgan fingerprint density at radius 2 is 1.95 bits per heavy atom. The summed E-state index contributed by atoms with van der Waals surface area (Å²) < 4.78 is 67.1. The molecule has 110 valence electrons. The number of alkyl halides is 3. The number of ether oxygens (including phenoxy) is 1. The molecule has 0 bridgehead atoms. The van der Waals surface area contributed by atoms with E-state index in [2.05, 4.69) is 8.92 Å². The molecule has 9 heteroatoms. The predicted octanol–water partition coefficient (Wildman–Crippen LogP) is 2.10. The highest BCUT2D eigenvalue weighted by molar-refractivity contribution is 7.87. The zero-order valence-electron chi connectivity index (χ0n) is 10.3. The highest BCUT2D eigenvalue weighted by atomic mass is 32.2. The molecule has 0 heterocycles. The fourth-order valence-electron chi connectivity index (χ4n) is 1.81. The second kappa shape index (κ2) is 5.40. The van der Waals surface area contributed by atoms with E-state index in [9.17, 15) is 26.4 Å². The minimum absolute atomic E-state index is 0.0515. The Kier molecular flexibility index (Phi) is 4.49. The van der Waals surface area contributed by atoms with Crippen molar-refractivity contribution >= 4 is 16.1 Å². The molecular formula is C10H13F3O5S. The number of esters is 1. The van der Waals surface area contributed by atoms with Crippen LogP contribution < -0.4 is 0 Å². The Balaban J connectivity index is 3.17. The molecule has 0 aromatic heterocycles. The van der Waals surface area contributed by atoms with Crippen LogP contribution in [0.2, 0.25) is 0 Å². The summed E-state index contributed by atoms with van der Waals surface area (Å²) in [5.74, 6) is -1.78. The van der Waals surface area contributed by atoms with E-state index in [1.165, 1.54) is 0 Å². The molecule has 0 aliphatic heterocycles. The van der Waals surface area contributed by atoms with Crippen LogP contribution >= 0.6 is 0 Å². The highest BCUT2D eigenvalue weighted by Crippen LogP contribution is 2.35. The molecule has 19 heavy (non-hydrogen) atoms. The van der Waals surface area contributed by atoms with Gasteiger partial charge in [0.05, 0.1) is 12.7 Å². The van der Waals surface area contributed by atoms with Gasteiger partial charge < -0.3 is 8.92 Å². The molecule has 0 saturated heterocycles. The maximum Gasteiger partial charge on any atom is 0.534 e. The molecule has 0 radical (unpaired) electrons. The van der Waals surface area contributed by atoms with Gasteiger partial charge in [0.2, 0.25) is 0 Å². The van der Waals surface area contributed by atoms with Crippen LogP contribution in [0.5, 0.6) is 0 Å². The van der Waals surface area contributed by atoms with Gasteiger partial charge >= 0.3 is 21.6 Å². The molecule has 0 fully saturated rings. The number of hydrogen-bond acceptors (Lipinski definition) is 5. The molecule has 0 aromatic carbocycles. The average Bonchev–Trinajstić information content (AvgIpc) is 2.26. The molecule has 1 aliphatic rings. The number of methoxy groups -OCH3 is 1. The van der Waals surface area contributed by atoms with Gasteiger partial charge in [0, 0.05) is 6.42 Å². The van der Waals surface area contributed by atoms with Crippen LogP contribution in [0.15, 0.2) is 11.3 Å². The lowest BCUT2D eigenvalue weighted by molar-refractivity contribution is -0.137. The number of allylic oxidation sites excluding steroid dienone is 1. The first-order chi connectivity index (χ1) is 8.60. The first-order valence-electron chi connectivity index (χ1n) is 5.42. The molecular weight excluding hydrogens is 289 g/mol. The quantitative estimate of drug-likeness (QED) is 0.453. The molecule has 0 spiro atoms. The highest BCUT2D eigenvalue weighted by Gasteiger charge is 2.49. The smallest absolute Gasteiger partial charge is 0.466 e. The second-order valence-electron chi connectivity index (χ2n) is 4.10. The number of hydrogen-bond donors (Lipinski definition) is 0. The van der Waals surface area contributed by atoms with Crippen molar-refractivity contribution in [3.63, 3.8) is 0 Å². The summed E-state index contributed by atoms with van der Waals surface area (Å²) in [5.41, 5.74) is -5.68. The Bertz CT molecular complexity index is 492. The van der Waals surface area contributed by atoms with E-state index in [0.29, 0.717) is 12.8 Å². The van der Waals surface area contributed by atoms with Gasteiger partial charge in [-0.05, 0) is 18.8 Å². The summed E-state index contributed by atoms with van der Waals surface area (Å²) in [7, 11) is -4.70. The maximum absolute atomic E-state index is 12.2. The third-order valence-corrected chi connectivity index (χ3v) is 3.72. The largest absolute Gasteiger partial charge is 0.534 e. The van der Waals surface area contributed by atoms with Crippen molar-refractivity contribution in [1.82, 2.24) is 0 Å². The molecule has 1 atom stereocenters. The van der Waals surface area contributed by atoms with Crippen LogP contribution in [0, 0.1) is 5.92 Å². The van der Waals surface area contributed by atoms with E-state index in [-0.39, 0.29) is 12.0 Å². The molecule has 0 N–H and O–H groups in total. The van der Waals surface area contributed by atoms with Gasteiger partial charge in [0.15, 0.2) is 0 Å². The van der Waals surface area contributed by atoms with Crippen LogP contribution in [0.3, 0.4) is 0 Å². The number of carbonyl (C=O) groups is 1. The molecule has 0 saturated carbocycles. The third-order valence-electron chi connectivity index (χ3n) is 2.73. The van der Waals surface area contributed by atoms with E-state index in [4.69, 9.17) is 0 Å². The summed E-state index contributed by atoms with van der Waals surface area (Å²) >= 11 is 0. The van der Waals surface area contributed by atoms with Gasteiger partial charge in [0.1, 0.15) is 5.76 Å². The summed E-state index contributed by atoms with van der Waals surface area (Å²) in [4.78, 5) is 11.5. The Morgan fingerprint density at radius 1 is 1.37 bits per heavy atom. The number of rotatable bonds is 3. The van der Waals surface area contributed by atoms with Crippen molar-refractivity contribution in [2.45, 2.75) is 31.7 Å². The molecule has 1 rings (SSSR count). The Morgan fingerprint density at radius 3 is 2.42 bits per heavy atom. The second-order valence-corrected chi connectivity index (χ2v) is 5.64. The standard InChI is InChI=1S/C10H13F3O5S/c1-6-4-3-5-7(8(6)9(14)17-2)18-19(15,16)10(11,12)13/h6H,3-5H2,1-2H3. The normalized spacial score (nSPS) is 21.2. The van der Waals surface area contributed by atoms with E-state index in [0.717, 1.165) is 7.11 Å². The SMILES string of the molecule is COC(=O)C1=C(OS(=O)(=O)C(F)(F)F)CCCC1C. The van der Waals surface area contributed by atoms with Crippen molar-refractivity contribution in [3.05, 3.63) is 11.3 Å². The molecule has 5 nitrogen and oxygen atoms in total. The van der Waals surface area contributed by atoms with E-state index >= 15 is 0 Å². The molecule has 0 aromatic rings. The van der Waals surface area contributed by atoms with Gasteiger partial charge in [-0.2, -0.15) is 21.6 Å². The summed E-state index contributed by atoms with van der Waals surface area (Å²) in [6.45, 7) is 1.59. The maximum atomic E-state index is 12.2. The van der Waals surface area contributed by atoms with Crippen molar-refractivity contribution in [2.75, 3.05) is 7.11 Å². The Labute approximate surface area is 108 Å². The fraction of sp³-hybridized carbons (Fsp3) is 0.700. The van der Waals surface area contributed by atoms with E-state index in [1.54, 1.807) is 6.92 Å². The zero-order chi connectivity index (χ0) is 14.8. The van der Waals surface area contributed by atoms with Crippen molar-refractivity contribution in [2.24, 2.45) is 5.92 Å². The van der Waals surface area contributed by atoms with Crippen LogP contribution in [0.25, 0.3) is 0 Å². The Hall–Kier alpha value is -1.25. The van der Waals surface area contributed by atoms with Gasteiger partial charge in [-0.1, -0.05) is 6.92 Å². The van der Waals surface area contributed by atoms with Crippen molar-refractivity contribution < 1.29 is 35.3 Å². The summed E-state index contributed by atoms with van der Waals surface area (Å²) in [6.07, 6.45) is 0.928. The van der Waals surface area contributed by atoms with E-state index < -0.39 is 33.3 Å². The van der Waals surface area contributed by atoms with Crippen LogP contribution in [-0.2, 0) is 23.8 Å². The van der Waals surface area contributed by atoms with Gasteiger partial charge in [-0.15, -0.1) is 0 Å². The minimum atomic E-state index is -5.76. The van der Waals surface area contributed by atoms with Crippen molar-refractivity contribution in [1.29, 1.82) is 0 Å². The summed E-state index contributed by atoms with van der Waals surface area (Å²) in [6, 6.07) is 0. The fourth-order valence-corrected chi connectivity index (χ4v) is 2.35. The molecule has 0 amide bonds. The van der Waals surface area contributed by atoms with Gasteiger partial charge in [0.25, 0.3) is 0 Å². The lowest BCUT2D eigenvalue weighted by Crippen LogP contribution is -2.28. The topological polar surface area (TPSA) is 69.7 Å². The van der Waals surface area contributed by atoms with Crippen molar-refractivity contribution in [3.8, 4) is 0 Å². The number of carbonyl (C=O) groups excluding carboxylic acids is 1. The lowest BCUT2D eigenvalue weighted by Gasteiger charge is -2.24. The van der Waals surface area contributed by atoms with Crippen LogP contribution in [0.4, 0.5) is 13.2 Å². The van der Waals surface area contributed by atoms with Crippen LogP contribution in [-0.4, -0.2) is 27.0 Å². The monoisotopic (exact) mass is 302 g/mol.